The van der Waals surface area contributed by atoms with Crippen LogP contribution in [0.1, 0.15) is 31.2 Å². The maximum Gasteiger partial charge on any atom is 0.330 e. The normalized spacial score (nSPS) is 22.3. The lowest BCUT2D eigenvalue weighted by Gasteiger charge is -2.35. The molecule has 0 aromatic heterocycles. The number of carbonyl (C=O) groups excluding carboxylic acids is 2. The first-order chi connectivity index (χ1) is 13.6. The predicted molar refractivity (Wildman–Crippen MR) is 111 cm³/mol. The monoisotopic (exact) mass is 457 g/mol. The number of carbonyl (C=O) groups is 2. The van der Waals surface area contributed by atoms with Crippen molar-refractivity contribution in [3.05, 3.63) is 57.2 Å². The number of rotatable bonds is 5. The van der Waals surface area contributed by atoms with Crippen LogP contribution in [-0.4, -0.2) is 43.3 Å². The van der Waals surface area contributed by atoms with E-state index in [2.05, 4.69) is 4.74 Å². The van der Waals surface area contributed by atoms with Gasteiger partial charge in [0.25, 0.3) is 0 Å². The van der Waals surface area contributed by atoms with Gasteiger partial charge in [-0.1, -0.05) is 35.3 Å². The third-order valence-corrected chi connectivity index (χ3v) is 7.99. The maximum atomic E-state index is 13.0. The van der Waals surface area contributed by atoms with Crippen molar-refractivity contribution in [1.29, 1.82) is 0 Å². The Bertz CT molecular complexity index is 1030. The second-order valence-electron chi connectivity index (χ2n) is 7.24. The third kappa shape index (κ3) is 4.09. The summed E-state index contributed by atoms with van der Waals surface area (Å²) in [4.78, 5) is 26.0. The van der Waals surface area contributed by atoms with Gasteiger partial charge in [-0.05, 0) is 42.5 Å². The van der Waals surface area contributed by atoms with Gasteiger partial charge < -0.3 is 9.64 Å². The van der Waals surface area contributed by atoms with Gasteiger partial charge in [-0.3, -0.25) is 4.79 Å². The first-order valence-electron chi connectivity index (χ1n) is 9.02. The lowest BCUT2D eigenvalue weighted by Crippen LogP contribution is -2.41. The smallest absolute Gasteiger partial charge is 0.330 e. The molecule has 1 aromatic rings. The van der Waals surface area contributed by atoms with Gasteiger partial charge in [0, 0.05) is 28.1 Å². The van der Waals surface area contributed by atoms with Crippen LogP contribution in [0.15, 0.2) is 41.6 Å². The van der Waals surface area contributed by atoms with Crippen LogP contribution >= 0.6 is 23.2 Å². The molecule has 0 saturated carbocycles. The van der Waals surface area contributed by atoms with Crippen molar-refractivity contribution in [3.8, 4) is 0 Å². The molecular weight excluding hydrogens is 437 g/mol. The van der Waals surface area contributed by atoms with E-state index in [0.717, 1.165) is 6.26 Å². The number of hydrogen-bond donors (Lipinski definition) is 0. The Balaban J connectivity index is 2.14. The van der Waals surface area contributed by atoms with Gasteiger partial charge in [0.1, 0.15) is 4.75 Å². The molecular formula is C20H21Cl2NO5S. The van der Waals surface area contributed by atoms with Crippen LogP contribution in [0.4, 0.5) is 0 Å². The van der Waals surface area contributed by atoms with Crippen LogP contribution in [0.3, 0.4) is 0 Å². The van der Waals surface area contributed by atoms with Crippen molar-refractivity contribution in [3.63, 3.8) is 0 Å². The quantitative estimate of drug-likeness (QED) is 0.497. The number of methoxy groups -OCH3 is 1. The van der Waals surface area contributed by atoms with Crippen molar-refractivity contribution in [2.75, 3.05) is 13.4 Å². The third-order valence-electron chi connectivity index (χ3n) is 5.45. The summed E-state index contributed by atoms with van der Waals surface area (Å²) in [7, 11) is -2.34. The van der Waals surface area contributed by atoms with Crippen LogP contribution in [0, 0.1) is 0 Å². The molecule has 1 atom stereocenters. The molecule has 1 unspecified atom stereocenters. The number of benzene rings is 1. The molecule has 156 valence electrons. The number of allylic oxidation sites excluding steroid dienone is 2. The zero-order valence-corrected chi connectivity index (χ0v) is 18.4. The molecule has 0 spiro atoms. The van der Waals surface area contributed by atoms with Gasteiger partial charge in [-0.25, -0.2) is 13.2 Å². The minimum absolute atomic E-state index is 0.122. The minimum atomic E-state index is -3.60. The van der Waals surface area contributed by atoms with E-state index in [4.69, 9.17) is 23.2 Å². The Labute approximate surface area is 180 Å². The molecule has 1 aliphatic heterocycles. The molecule has 0 radical (unpaired) electrons. The molecule has 1 fully saturated rings. The number of sulfone groups is 1. The Morgan fingerprint density at radius 3 is 2.69 bits per heavy atom. The molecule has 1 amide bonds. The summed E-state index contributed by atoms with van der Waals surface area (Å²) in [6, 6.07) is 4.96. The Morgan fingerprint density at radius 2 is 2.07 bits per heavy atom. The maximum absolute atomic E-state index is 13.0. The van der Waals surface area contributed by atoms with E-state index in [-0.39, 0.29) is 18.9 Å². The van der Waals surface area contributed by atoms with E-state index in [1.165, 1.54) is 18.1 Å². The van der Waals surface area contributed by atoms with Gasteiger partial charge in [0.15, 0.2) is 9.84 Å². The van der Waals surface area contributed by atoms with Gasteiger partial charge >= 0.3 is 5.97 Å². The highest BCUT2D eigenvalue weighted by atomic mass is 35.5. The molecule has 1 aromatic carbocycles. The molecule has 1 aliphatic carbocycles. The Kier molecular flexibility index (Phi) is 6.13. The number of hydrogen-bond acceptors (Lipinski definition) is 5. The summed E-state index contributed by atoms with van der Waals surface area (Å²) >= 11 is 12.2. The van der Waals surface area contributed by atoms with E-state index < -0.39 is 20.6 Å². The van der Waals surface area contributed by atoms with Crippen LogP contribution in [0.2, 0.25) is 10.0 Å². The SMILES string of the molecule is COC(=O)C=CC1=C2N(Cc3ccc(Cl)cc3Cl)C(=O)CC2(S(C)(=O)=O)CCC1. The summed E-state index contributed by atoms with van der Waals surface area (Å²) in [6.45, 7) is 0.122. The van der Waals surface area contributed by atoms with Gasteiger partial charge in [0.05, 0.1) is 20.1 Å². The summed E-state index contributed by atoms with van der Waals surface area (Å²) in [5, 5.41) is 0.862. The largest absolute Gasteiger partial charge is 0.466 e. The van der Waals surface area contributed by atoms with Crippen LogP contribution in [0.5, 0.6) is 0 Å². The summed E-state index contributed by atoms with van der Waals surface area (Å²) in [5.41, 5.74) is 1.73. The van der Waals surface area contributed by atoms with Crippen molar-refractivity contribution >= 4 is 44.9 Å². The number of fused-ring (bicyclic) bond motifs is 1. The minimum Gasteiger partial charge on any atom is -0.466 e. The van der Waals surface area contributed by atoms with E-state index in [1.807, 2.05) is 0 Å². The molecule has 1 heterocycles. The van der Waals surface area contributed by atoms with Gasteiger partial charge in [-0.2, -0.15) is 0 Å². The van der Waals surface area contributed by atoms with E-state index in [9.17, 15) is 18.0 Å². The van der Waals surface area contributed by atoms with Crippen LogP contribution in [0.25, 0.3) is 0 Å². The molecule has 29 heavy (non-hydrogen) atoms. The molecule has 9 heteroatoms. The first-order valence-corrected chi connectivity index (χ1v) is 11.7. The number of halogens is 2. The van der Waals surface area contributed by atoms with Gasteiger partial charge in [0.2, 0.25) is 5.91 Å². The van der Waals surface area contributed by atoms with Crippen molar-refractivity contribution in [2.24, 2.45) is 0 Å². The number of amides is 1. The van der Waals surface area contributed by atoms with Gasteiger partial charge in [-0.15, -0.1) is 0 Å². The standard InChI is InChI=1S/C20H21Cl2NO5S/c1-28-18(25)8-6-13-4-3-9-20(29(2,26)27)11-17(24)23(19(13)20)12-14-5-7-15(21)10-16(14)22/h5-8,10H,3-4,9,11-12H2,1-2H3. The van der Waals surface area contributed by atoms with Crippen LogP contribution < -0.4 is 0 Å². The lowest BCUT2D eigenvalue weighted by molar-refractivity contribution is -0.134. The van der Waals surface area contributed by atoms with E-state index in [0.29, 0.717) is 46.1 Å². The highest BCUT2D eigenvalue weighted by molar-refractivity contribution is 7.92. The highest BCUT2D eigenvalue weighted by Crippen LogP contribution is 2.49. The Morgan fingerprint density at radius 1 is 1.34 bits per heavy atom. The summed E-state index contributed by atoms with van der Waals surface area (Å²) in [5.74, 6) is -0.840. The number of nitrogens with zero attached hydrogens (tertiary/aromatic N) is 1. The van der Waals surface area contributed by atoms with Crippen LogP contribution in [-0.2, 0) is 30.7 Å². The van der Waals surface area contributed by atoms with E-state index >= 15 is 0 Å². The molecule has 3 rings (SSSR count). The van der Waals surface area contributed by atoms with Crippen molar-refractivity contribution in [1.82, 2.24) is 4.90 Å². The molecule has 0 bridgehead atoms. The average molecular weight is 458 g/mol. The van der Waals surface area contributed by atoms with Crippen molar-refractivity contribution < 1.29 is 22.7 Å². The zero-order chi connectivity index (χ0) is 21.4. The molecule has 1 saturated heterocycles. The number of ether oxygens (including phenoxy) is 1. The lowest BCUT2D eigenvalue weighted by atomic mass is 9.86. The topological polar surface area (TPSA) is 80.8 Å². The second-order valence-corrected chi connectivity index (χ2v) is 10.4. The summed E-state index contributed by atoms with van der Waals surface area (Å²) in [6.07, 6.45) is 5.34. The highest BCUT2D eigenvalue weighted by Gasteiger charge is 2.56. The fourth-order valence-electron chi connectivity index (χ4n) is 4.03. The molecule has 0 N–H and O–H groups in total. The molecule has 6 nitrogen and oxygen atoms in total. The summed E-state index contributed by atoms with van der Waals surface area (Å²) < 4.78 is 29.0. The number of esters is 1. The fraction of sp³-hybridized carbons (Fsp3) is 0.400. The molecule has 2 aliphatic rings. The van der Waals surface area contributed by atoms with Crippen molar-refractivity contribution in [2.45, 2.75) is 37.0 Å². The van der Waals surface area contributed by atoms with E-state index in [1.54, 1.807) is 24.3 Å². The predicted octanol–water partition coefficient (Wildman–Crippen LogP) is 3.68. The Hall–Kier alpha value is -1.83. The number of likely N-dealkylation sites (tertiary alicyclic amines) is 1. The first kappa shape index (κ1) is 21.9. The average Bonchev–Trinajstić information content (AvgIpc) is 2.95. The zero-order valence-electron chi connectivity index (χ0n) is 16.1. The second kappa shape index (κ2) is 8.13. The fourth-order valence-corrected chi connectivity index (χ4v) is 5.99.